The average Bonchev–Trinajstić information content (AvgIpc) is 3.05. The predicted octanol–water partition coefficient (Wildman–Crippen LogP) is 6.23. The SMILES string of the molecule is COc1cccc(CN(C(=O)CN(c2cc(C)ccc2C)S(=O)(=O)c2ccc(C)cc2)[C@@H](Cc2ccccc2)C(=O)NCC(C)C)c1. The molecule has 0 saturated carbocycles. The third-order valence-corrected chi connectivity index (χ3v) is 9.74. The summed E-state index contributed by atoms with van der Waals surface area (Å²) in [6.07, 6.45) is 0.245. The summed E-state index contributed by atoms with van der Waals surface area (Å²) in [5, 5.41) is 3.02. The summed E-state index contributed by atoms with van der Waals surface area (Å²) in [7, 11) is -2.62. The molecule has 0 spiro atoms. The summed E-state index contributed by atoms with van der Waals surface area (Å²) in [6.45, 7) is 9.58. The fraction of sp³-hybridized carbons (Fsp3) is 0.316. The molecule has 0 unspecified atom stereocenters. The van der Waals surface area contributed by atoms with Gasteiger partial charge >= 0.3 is 0 Å². The Morgan fingerprint density at radius 1 is 0.809 bits per heavy atom. The number of hydrogen-bond donors (Lipinski definition) is 1. The zero-order chi connectivity index (χ0) is 34.1. The standard InChI is InChI=1S/C38H45N3O5S/c1-27(2)24-39-38(43)36(23-31-11-8-7-9-12-31)40(25-32-13-10-14-33(22-32)46-6)37(42)26-41(35-21-29(4)15-18-30(35)5)47(44,45)34-19-16-28(3)17-20-34/h7-22,27,36H,23-26H2,1-6H3,(H,39,43)/t36-/m0/s1. The molecule has 0 aliphatic rings. The van der Waals surface area contributed by atoms with Crippen molar-refractivity contribution in [1.82, 2.24) is 10.2 Å². The third kappa shape index (κ3) is 9.23. The molecule has 4 aromatic carbocycles. The van der Waals surface area contributed by atoms with Crippen LogP contribution in [0.5, 0.6) is 5.75 Å². The minimum absolute atomic E-state index is 0.0633. The molecule has 1 atom stereocenters. The van der Waals surface area contributed by atoms with Gasteiger partial charge in [0.25, 0.3) is 10.0 Å². The lowest BCUT2D eigenvalue weighted by Crippen LogP contribution is -2.53. The Morgan fingerprint density at radius 2 is 1.47 bits per heavy atom. The number of nitrogens with one attached hydrogen (secondary N) is 1. The monoisotopic (exact) mass is 655 g/mol. The van der Waals surface area contributed by atoms with Gasteiger partial charge in [0, 0.05) is 19.5 Å². The van der Waals surface area contributed by atoms with Crippen LogP contribution >= 0.6 is 0 Å². The predicted molar refractivity (Wildman–Crippen MR) is 187 cm³/mol. The molecule has 8 nitrogen and oxygen atoms in total. The van der Waals surface area contributed by atoms with Crippen LogP contribution in [0.3, 0.4) is 0 Å². The summed E-state index contributed by atoms with van der Waals surface area (Å²) in [6, 6.07) is 28.0. The Kier molecular flexibility index (Phi) is 11.8. The van der Waals surface area contributed by atoms with Crippen molar-refractivity contribution in [2.45, 2.75) is 58.5 Å². The Morgan fingerprint density at radius 3 is 2.13 bits per heavy atom. The van der Waals surface area contributed by atoms with Crippen LogP contribution in [0.15, 0.2) is 102 Å². The Balaban J connectivity index is 1.84. The topological polar surface area (TPSA) is 96.0 Å². The molecular weight excluding hydrogens is 611 g/mol. The van der Waals surface area contributed by atoms with E-state index in [0.29, 0.717) is 23.5 Å². The van der Waals surface area contributed by atoms with Crippen LogP contribution in [0, 0.1) is 26.7 Å². The van der Waals surface area contributed by atoms with E-state index in [1.165, 1.54) is 9.21 Å². The van der Waals surface area contributed by atoms with Crippen LogP contribution in [0.1, 0.15) is 41.7 Å². The molecule has 248 valence electrons. The van der Waals surface area contributed by atoms with E-state index in [4.69, 9.17) is 4.74 Å². The minimum atomic E-state index is -4.18. The molecule has 0 radical (unpaired) electrons. The molecule has 0 heterocycles. The molecule has 1 N–H and O–H groups in total. The second kappa shape index (κ2) is 15.8. The number of methoxy groups -OCH3 is 1. The highest BCUT2D eigenvalue weighted by Gasteiger charge is 2.35. The number of hydrogen-bond acceptors (Lipinski definition) is 5. The number of anilines is 1. The number of carbonyl (C=O) groups is 2. The maximum absolute atomic E-state index is 14.7. The third-order valence-electron chi connectivity index (χ3n) is 7.96. The molecule has 4 rings (SSSR count). The van der Waals surface area contributed by atoms with Gasteiger partial charge < -0.3 is 15.0 Å². The minimum Gasteiger partial charge on any atom is -0.497 e. The van der Waals surface area contributed by atoms with E-state index in [1.807, 2.05) is 101 Å². The van der Waals surface area contributed by atoms with E-state index in [0.717, 1.165) is 22.3 Å². The van der Waals surface area contributed by atoms with E-state index in [-0.39, 0.29) is 29.7 Å². The number of rotatable bonds is 14. The molecule has 0 saturated heterocycles. The number of aryl methyl sites for hydroxylation is 3. The van der Waals surface area contributed by atoms with Gasteiger partial charge in [0.1, 0.15) is 18.3 Å². The van der Waals surface area contributed by atoms with E-state index >= 15 is 0 Å². The van der Waals surface area contributed by atoms with Gasteiger partial charge in [-0.2, -0.15) is 0 Å². The summed E-state index contributed by atoms with van der Waals surface area (Å²) >= 11 is 0. The highest BCUT2D eigenvalue weighted by Crippen LogP contribution is 2.29. The number of amides is 2. The second-order valence-corrected chi connectivity index (χ2v) is 14.2. The Labute approximate surface area is 279 Å². The Hall–Kier alpha value is -4.63. The highest BCUT2D eigenvalue weighted by atomic mass is 32.2. The zero-order valence-corrected chi connectivity index (χ0v) is 28.9. The number of benzene rings is 4. The van der Waals surface area contributed by atoms with E-state index < -0.39 is 28.5 Å². The Bertz CT molecular complexity index is 1770. The van der Waals surface area contributed by atoms with Gasteiger partial charge in [0.2, 0.25) is 11.8 Å². The van der Waals surface area contributed by atoms with Crippen molar-refractivity contribution in [1.29, 1.82) is 0 Å². The van der Waals surface area contributed by atoms with Crippen LogP contribution in [-0.2, 0) is 32.6 Å². The first-order chi connectivity index (χ1) is 22.4. The molecule has 0 aliphatic heterocycles. The van der Waals surface area contributed by atoms with E-state index in [2.05, 4.69) is 5.32 Å². The first-order valence-corrected chi connectivity index (χ1v) is 17.2. The molecule has 9 heteroatoms. The molecule has 2 amide bonds. The maximum Gasteiger partial charge on any atom is 0.264 e. The maximum atomic E-state index is 14.7. The van der Waals surface area contributed by atoms with Crippen molar-refractivity contribution in [2.24, 2.45) is 5.92 Å². The van der Waals surface area contributed by atoms with E-state index in [9.17, 15) is 18.0 Å². The lowest BCUT2D eigenvalue weighted by molar-refractivity contribution is -0.140. The molecule has 0 fully saturated rings. The van der Waals surface area contributed by atoms with Gasteiger partial charge in [-0.3, -0.25) is 13.9 Å². The summed E-state index contributed by atoms with van der Waals surface area (Å²) in [4.78, 5) is 30.2. The van der Waals surface area contributed by atoms with Gasteiger partial charge in [-0.1, -0.05) is 86.1 Å². The summed E-state index contributed by atoms with van der Waals surface area (Å²) < 4.78 is 35.3. The fourth-order valence-corrected chi connectivity index (χ4v) is 6.75. The van der Waals surface area contributed by atoms with Crippen molar-refractivity contribution in [3.63, 3.8) is 0 Å². The molecule has 4 aromatic rings. The number of sulfonamides is 1. The number of carbonyl (C=O) groups excluding carboxylic acids is 2. The van der Waals surface area contributed by atoms with Crippen molar-refractivity contribution in [3.05, 3.63) is 125 Å². The number of nitrogens with zero attached hydrogens (tertiary/aromatic N) is 2. The molecule has 47 heavy (non-hydrogen) atoms. The first-order valence-electron chi connectivity index (χ1n) is 15.8. The van der Waals surface area contributed by atoms with Crippen LogP contribution in [-0.4, -0.2) is 51.4 Å². The zero-order valence-electron chi connectivity index (χ0n) is 28.1. The number of ether oxygens (including phenoxy) is 1. The average molecular weight is 656 g/mol. The highest BCUT2D eigenvalue weighted by molar-refractivity contribution is 7.92. The van der Waals surface area contributed by atoms with Crippen molar-refractivity contribution < 1.29 is 22.7 Å². The van der Waals surface area contributed by atoms with Gasteiger partial charge in [-0.15, -0.1) is 0 Å². The largest absolute Gasteiger partial charge is 0.497 e. The lowest BCUT2D eigenvalue weighted by Gasteiger charge is -2.34. The van der Waals surface area contributed by atoms with Gasteiger partial charge in [0.15, 0.2) is 0 Å². The van der Waals surface area contributed by atoms with Crippen molar-refractivity contribution in [2.75, 3.05) is 24.5 Å². The molecule has 0 aromatic heterocycles. The smallest absolute Gasteiger partial charge is 0.264 e. The van der Waals surface area contributed by atoms with E-state index in [1.54, 1.807) is 37.4 Å². The van der Waals surface area contributed by atoms with Crippen LogP contribution in [0.25, 0.3) is 0 Å². The normalized spacial score (nSPS) is 12.0. The van der Waals surface area contributed by atoms with Crippen molar-refractivity contribution in [3.8, 4) is 5.75 Å². The van der Waals surface area contributed by atoms with Crippen molar-refractivity contribution >= 4 is 27.5 Å². The van der Waals surface area contributed by atoms with Crippen LogP contribution < -0.4 is 14.4 Å². The summed E-state index contributed by atoms with van der Waals surface area (Å²) in [5.41, 5.74) is 4.49. The molecular formula is C38H45N3O5S. The molecule has 0 bridgehead atoms. The van der Waals surface area contributed by atoms with Crippen LogP contribution in [0.4, 0.5) is 5.69 Å². The van der Waals surface area contributed by atoms with Gasteiger partial charge in [-0.05, 0) is 79.3 Å². The second-order valence-electron chi connectivity index (χ2n) is 12.3. The summed E-state index contributed by atoms with van der Waals surface area (Å²) in [5.74, 6) is -0.0143. The van der Waals surface area contributed by atoms with Gasteiger partial charge in [0.05, 0.1) is 17.7 Å². The quantitative estimate of drug-likeness (QED) is 0.174. The van der Waals surface area contributed by atoms with Gasteiger partial charge in [-0.25, -0.2) is 8.42 Å². The van der Waals surface area contributed by atoms with Crippen LogP contribution in [0.2, 0.25) is 0 Å². The molecule has 0 aliphatic carbocycles. The fourth-order valence-electron chi connectivity index (χ4n) is 5.28. The lowest BCUT2D eigenvalue weighted by atomic mass is 10.0. The first kappa shape index (κ1) is 35.2.